The number of hydrogen-bond acceptors (Lipinski definition) is 4. The van der Waals surface area contributed by atoms with Gasteiger partial charge in [0.1, 0.15) is 4.90 Å². The van der Waals surface area contributed by atoms with Crippen LogP contribution in [0.1, 0.15) is 42.9 Å². The largest absolute Gasteiger partial charge is 0.435 e. The molecule has 11 heteroatoms. The van der Waals surface area contributed by atoms with E-state index in [0.717, 1.165) is 6.07 Å². The lowest BCUT2D eigenvalue weighted by Gasteiger charge is -2.18. The predicted molar refractivity (Wildman–Crippen MR) is 89.0 cm³/mol. The second kappa shape index (κ2) is 7.39. The Kier molecular flexibility index (Phi) is 5.81. The highest BCUT2D eigenvalue weighted by atomic mass is 32.2. The fraction of sp³-hybridized carbons (Fsp3) is 0.600. The Morgan fingerprint density at radius 2 is 1.96 bits per heavy atom. The van der Waals surface area contributed by atoms with Crippen molar-refractivity contribution in [3.05, 3.63) is 29.3 Å². The minimum atomic E-state index is -4.51. The van der Waals surface area contributed by atoms with Crippen molar-refractivity contribution in [2.45, 2.75) is 50.7 Å². The number of hydrogen-bond donors (Lipinski definition) is 1. The Morgan fingerprint density at radius 1 is 1.31 bits per heavy atom. The first-order valence-electron chi connectivity index (χ1n) is 8.09. The first-order valence-corrected chi connectivity index (χ1v) is 9.57. The second-order valence-corrected chi connectivity index (χ2v) is 7.82. The summed E-state index contributed by atoms with van der Waals surface area (Å²) in [5.74, 6) is 0. The lowest BCUT2D eigenvalue weighted by molar-refractivity contribution is -0.141. The molecule has 1 atom stereocenters. The van der Waals surface area contributed by atoms with E-state index in [-0.39, 0.29) is 17.5 Å². The van der Waals surface area contributed by atoms with Crippen molar-refractivity contribution in [2.75, 3.05) is 6.54 Å². The molecule has 0 aromatic carbocycles. The number of halogens is 3. The van der Waals surface area contributed by atoms with Crippen LogP contribution < -0.4 is 4.72 Å². The van der Waals surface area contributed by atoms with Gasteiger partial charge in [-0.05, 0) is 32.8 Å². The zero-order valence-corrected chi connectivity index (χ0v) is 15.8. The van der Waals surface area contributed by atoms with Gasteiger partial charge in [0.15, 0.2) is 5.69 Å². The molecule has 0 aliphatic carbocycles. The quantitative estimate of drug-likeness (QED) is 0.784. The van der Waals surface area contributed by atoms with Gasteiger partial charge < -0.3 is 0 Å². The highest BCUT2D eigenvalue weighted by Crippen LogP contribution is 2.30. The molecule has 2 aromatic heterocycles. The number of nitrogens with zero attached hydrogens (tertiary/aromatic N) is 4. The molecule has 26 heavy (non-hydrogen) atoms. The second-order valence-electron chi connectivity index (χ2n) is 6.08. The molecule has 146 valence electrons. The fourth-order valence-corrected chi connectivity index (χ4v) is 3.92. The van der Waals surface area contributed by atoms with Gasteiger partial charge >= 0.3 is 6.18 Å². The highest BCUT2D eigenvalue weighted by molar-refractivity contribution is 7.89. The van der Waals surface area contributed by atoms with Crippen molar-refractivity contribution in [2.24, 2.45) is 7.05 Å². The SMILES string of the molecule is CC[C@@H](CCNS(=O)(=O)c1cnn(C)c1C)n1nc(C(F)(F)F)cc1C. The molecular weight excluding hydrogens is 371 g/mol. The molecule has 0 bridgehead atoms. The van der Waals surface area contributed by atoms with Crippen LogP contribution in [0.3, 0.4) is 0 Å². The van der Waals surface area contributed by atoms with Crippen molar-refractivity contribution >= 4 is 10.0 Å². The van der Waals surface area contributed by atoms with Gasteiger partial charge in [-0.2, -0.15) is 23.4 Å². The fourth-order valence-electron chi connectivity index (χ4n) is 2.68. The molecule has 0 fully saturated rings. The third-order valence-corrected chi connectivity index (χ3v) is 5.84. The number of alkyl halides is 3. The van der Waals surface area contributed by atoms with E-state index in [2.05, 4.69) is 14.9 Å². The van der Waals surface area contributed by atoms with E-state index in [1.54, 1.807) is 20.9 Å². The summed E-state index contributed by atoms with van der Waals surface area (Å²) in [6, 6.07) is 0.648. The molecule has 0 radical (unpaired) electrons. The Morgan fingerprint density at radius 3 is 2.42 bits per heavy atom. The molecule has 1 N–H and O–H groups in total. The van der Waals surface area contributed by atoms with Crippen LogP contribution in [0.5, 0.6) is 0 Å². The molecule has 0 spiro atoms. The number of aryl methyl sites for hydroxylation is 2. The highest BCUT2D eigenvalue weighted by Gasteiger charge is 2.35. The Balaban J connectivity index is 2.08. The van der Waals surface area contributed by atoms with E-state index in [4.69, 9.17) is 0 Å². The van der Waals surface area contributed by atoms with E-state index >= 15 is 0 Å². The van der Waals surface area contributed by atoms with Crippen LogP contribution in [0, 0.1) is 13.8 Å². The van der Waals surface area contributed by atoms with Crippen LogP contribution in [-0.2, 0) is 23.2 Å². The average molecular weight is 393 g/mol. The summed E-state index contributed by atoms with van der Waals surface area (Å²) in [5, 5.41) is 7.55. The average Bonchev–Trinajstić information content (AvgIpc) is 3.08. The van der Waals surface area contributed by atoms with Gasteiger partial charge in [-0.3, -0.25) is 9.36 Å². The molecular formula is C15H22F3N5O2S. The third-order valence-electron chi connectivity index (χ3n) is 4.28. The van der Waals surface area contributed by atoms with E-state index in [0.29, 0.717) is 24.2 Å². The van der Waals surface area contributed by atoms with Crippen LogP contribution in [0.25, 0.3) is 0 Å². The van der Waals surface area contributed by atoms with Crippen molar-refractivity contribution < 1.29 is 21.6 Å². The number of rotatable bonds is 7. The predicted octanol–water partition coefficient (Wildman–Crippen LogP) is 2.57. The van der Waals surface area contributed by atoms with Crippen LogP contribution >= 0.6 is 0 Å². The Labute approximate surface area is 150 Å². The van der Waals surface area contributed by atoms with Gasteiger partial charge in [0.25, 0.3) is 0 Å². The lowest BCUT2D eigenvalue weighted by atomic mass is 10.1. The van der Waals surface area contributed by atoms with Gasteiger partial charge in [0, 0.05) is 19.3 Å². The van der Waals surface area contributed by atoms with Crippen molar-refractivity contribution in [3.8, 4) is 0 Å². The monoisotopic (exact) mass is 393 g/mol. The van der Waals surface area contributed by atoms with Gasteiger partial charge in [-0.1, -0.05) is 6.92 Å². The summed E-state index contributed by atoms with van der Waals surface area (Å²) in [7, 11) is -2.09. The van der Waals surface area contributed by atoms with Crippen LogP contribution in [0.2, 0.25) is 0 Å². The van der Waals surface area contributed by atoms with Crippen LogP contribution in [0.4, 0.5) is 13.2 Å². The normalized spacial score (nSPS) is 14.0. The molecule has 0 unspecified atom stereocenters. The Hall–Kier alpha value is -1.88. The van der Waals surface area contributed by atoms with Gasteiger partial charge in [-0.15, -0.1) is 0 Å². The molecule has 2 heterocycles. The molecule has 2 rings (SSSR count). The smallest absolute Gasteiger partial charge is 0.272 e. The molecule has 0 amide bonds. The molecule has 0 saturated heterocycles. The first-order chi connectivity index (χ1) is 12.0. The topological polar surface area (TPSA) is 81.8 Å². The maximum absolute atomic E-state index is 12.8. The van der Waals surface area contributed by atoms with Gasteiger partial charge in [-0.25, -0.2) is 13.1 Å². The van der Waals surface area contributed by atoms with Gasteiger partial charge in [0.05, 0.1) is 17.9 Å². The Bertz CT molecular complexity index is 870. The van der Waals surface area contributed by atoms with Crippen LogP contribution in [0.15, 0.2) is 17.2 Å². The van der Waals surface area contributed by atoms with Crippen LogP contribution in [-0.4, -0.2) is 34.5 Å². The van der Waals surface area contributed by atoms with Gasteiger partial charge in [0.2, 0.25) is 10.0 Å². The van der Waals surface area contributed by atoms with Crippen molar-refractivity contribution in [3.63, 3.8) is 0 Å². The molecule has 0 aliphatic rings. The summed E-state index contributed by atoms with van der Waals surface area (Å²) in [6.45, 7) is 5.09. The maximum Gasteiger partial charge on any atom is 0.435 e. The summed E-state index contributed by atoms with van der Waals surface area (Å²) in [6.07, 6.45) is -2.40. The summed E-state index contributed by atoms with van der Waals surface area (Å²) >= 11 is 0. The lowest BCUT2D eigenvalue weighted by Crippen LogP contribution is -2.27. The zero-order valence-electron chi connectivity index (χ0n) is 15.0. The standard InChI is InChI=1S/C15H22F3N5O2S/c1-5-12(23-10(2)8-14(21-23)15(16,17)18)6-7-20-26(24,25)13-9-19-22(4)11(13)3/h8-9,12,20H,5-7H2,1-4H3/t12-/m0/s1. The maximum atomic E-state index is 12.8. The minimum absolute atomic E-state index is 0.0792. The van der Waals surface area contributed by atoms with E-state index < -0.39 is 21.9 Å². The van der Waals surface area contributed by atoms with E-state index in [1.807, 2.05) is 6.92 Å². The molecule has 2 aromatic rings. The number of sulfonamides is 1. The van der Waals surface area contributed by atoms with E-state index in [9.17, 15) is 21.6 Å². The number of aromatic nitrogens is 4. The first kappa shape index (κ1) is 20.4. The van der Waals surface area contributed by atoms with Crippen molar-refractivity contribution in [1.29, 1.82) is 0 Å². The molecule has 7 nitrogen and oxygen atoms in total. The summed E-state index contributed by atoms with van der Waals surface area (Å²) in [5.41, 5.74) is -0.0579. The van der Waals surface area contributed by atoms with E-state index in [1.165, 1.54) is 15.6 Å². The summed E-state index contributed by atoms with van der Waals surface area (Å²) < 4.78 is 68.3. The molecule has 0 saturated carbocycles. The summed E-state index contributed by atoms with van der Waals surface area (Å²) in [4.78, 5) is 0.0858. The zero-order chi connectivity index (χ0) is 19.7. The van der Waals surface area contributed by atoms with Crippen molar-refractivity contribution in [1.82, 2.24) is 24.3 Å². The minimum Gasteiger partial charge on any atom is -0.272 e. The molecule has 0 aliphatic heterocycles. The number of nitrogens with one attached hydrogen (secondary N) is 1. The third kappa shape index (κ3) is 4.26.